The van der Waals surface area contributed by atoms with Gasteiger partial charge in [-0.25, -0.2) is 0 Å². The molecule has 0 amide bonds. The molecule has 0 heterocycles. The average molecular weight is 213 g/mol. The Bertz CT molecular complexity index is 188. The van der Waals surface area contributed by atoms with Gasteiger partial charge in [-0.1, -0.05) is 26.2 Å². The number of nitrogens with zero attached hydrogens (tertiary/aromatic N) is 1. The van der Waals surface area contributed by atoms with E-state index in [2.05, 4.69) is 11.8 Å². The number of ether oxygens (including phenoxy) is 1. The first kappa shape index (κ1) is 12.5. The summed E-state index contributed by atoms with van der Waals surface area (Å²) in [6.45, 7) is 3.64. The Hall–Kier alpha value is -0.570. The van der Waals surface area contributed by atoms with Crippen LogP contribution in [0.5, 0.6) is 0 Å². The van der Waals surface area contributed by atoms with E-state index in [1.807, 2.05) is 0 Å². The molecule has 0 radical (unpaired) electrons. The molecule has 0 atom stereocenters. The molecular weight excluding hydrogens is 190 g/mol. The number of methoxy groups -OCH3 is 1. The van der Waals surface area contributed by atoms with E-state index in [0.717, 1.165) is 13.0 Å². The van der Waals surface area contributed by atoms with Crippen LogP contribution in [0.1, 0.15) is 45.4 Å². The summed E-state index contributed by atoms with van der Waals surface area (Å²) in [5.74, 6) is -0.103. The lowest BCUT2D eigenvalue weighted by Crippen LogP contribution is -2.41. The monoisotopic (exact) mass is 213 g/mol. The van der Waals surface area contributed by atoms with Gasteiger partial charge < -0.3 is 4.74 Å². The van der Waals surface area contributed by atoms with Gasteiger partial charge in [0.1, 0.15) is 0 Å². The zero-order valence-electron chi connectivity index (χ0n) is 10.00. The van der Waals surface area contributed by atoms with E-state index in [-0.39, 0.29) is 5.97 Å². The minimum atomic E-state index is -0.103. The summed E-state index contributed by atoms with van der Waals surface area (Å²) in [4.78, 5) is 13.6. The summed E-state index contributed by atoms with van der Waals surface area (Å²) in [5, 5.41) is 0. The Kier molecular flexibility index (Phi) is 5.69. The first-order valence-corrected chi connectivity index (χ1v) is 6.08. The van der Waals surface area contributed by atoms with Crippen molar-refractivity contribution >= 4 is 5.97 Å². The number of esters is 1. The van der Waals surface area contributed by atoms with Crippen LogP contribution < -0.4 is 0 Å². The van der Waals surface area contributed by atoms with Crippen molar-refractivity contribution in [2.45, 2.75) is 51.5 Å². The minimum Gasteiger partial charge on any atom is -0.468 e. The van der Waals surface area contributed by atoms with Crippen molar-refractivity contribution in [3.63, 3.8) is 0 Å². The number of carbonyl (C=O) groups is 1. The molecule has 3 heteroatoms. The molecule has 3 nitrogen and oxygen atoms in total. The zero-order valence-corrected chi connectivity index (χ0v) is 10.00. The molecule has 15 heavy (non-hydrogen) atoms. The highest BCUT2D eigenvalue weighted by atomic mass is 16.5. The highest BCUT2D eigenvalue weighted by Crippen LogP contribution is 2.22. The number of rotatable bonds is 5. The fourth-order valence-electron chi connectivity index (χ4n) is 2.35. The van der Waals surface area contributed by atoms with Crippen molar-refractivity contribution in [2.24, 2.45) is 0 Å². The maximum Gasteiger partial charge on any atom is 0.319 e. The topological polar surface area (TPSA) is 29.5 Å². The molecule has 1 fully saturated rings. The van der Waals surface area contributed by atoms with Gasteiger partial charge >= 0.3 is 5.97 Å². The largest absolute Gasteiger partial charge is 0.468 e. The lowest BCUT2D eigenvalue weighted by Gasteiger charge is -2.33. The van der Waals surface area contributed by atoms with E-state index in [0.29, 0.717) is 12.6 Å². The first-order chi connectivity index (χ1) is 7.27. The normalized spacial score (nSPS) is 18.1. The van der Waals surface area contributed by atoms with E-state index in [9.17, 15) is 4.79 Å². The predicted molar refractivity (Wildman–Crippen MR) is 60.8 cm³/mol. The predicted octanol–water partition coefficient (Wildman–Crippen LogP) is 2.20. The van der Waals surface area contributed by atoms with Crippen molar-refractivity contribution in [1.82, 2.24) is 4.90 Å². The van der Waals surface area contributed by atoms with Gasteiger partial charge in [-0.05, 0) is 25.8 Å². The Morgan fingerprint density at radius 1 is 1.33 bits per heavy atom. The summed E-state index contributed by atoms with van der Waals surface area (Å²) in [7, 11) is 1.47. The van der Waals surface area contributed by atoms with Gasteiger partial charge in [-0.15, -0.1) is 0 Å². The van der Waals surface area contributed by atoms with Gasteiger partial charge in [0, 0.05) is 6.04 Å². The number of hydrogen-bond donors (Lipinski definition) is 0. The van der Waals surface area contributed by atoms with Crippen LogP contribution >= 0.6 is 0 Å². The molecule has 1 saturated carbocycles. The Morgan fingerprint density at radius 2 is 2.00 bits per heavy atom. The van der Waals surface area contributed by atoms with Crippen molar-refractivity contribution in [3.05, 3.63) is 0 Å². The third kappa shape index (κ3) is 4.20. The molecular formula is C12H23NO2. The van der Waals surface area contributed by atoms with Crippen molar-refractivity contribution in [1.29, 1.82) is 0 Å². The van der Waals surface area contributed by atoms with Crippen LogP contribution in [0.4, 0.5) is 0 Å². The van der Waals surface area contributed by atoms with Crippen LogP contribution in [-0.4, -0.2) is 37.1 Å². The molecule has 0 spiro atoms. The van der Waals surface area contributed by atoms with Gasteiger partial charge in [0.25, 0.3) is 0 Å². The second-order valence-electron chi connectivity index (χ2n) is 4.34. The molecule has 0 aromatic rings. The van der Waals surface area contributed by atoms with Crippen LogP contribution in [-0.2, 0) is 9.53 Å². The maximum absolute atomic E-state index is 11.3. The first-order valence-electron chi connectivity index (χ1n) is 6.08. The number of carbonyl (C=O) groups excluding carboxylic acids is 1. The second-order valence-corrected chi connectivity index (χ2v) is 4.34. The smallest absolute Gasteiger partial charge is 0.319 e. The Labute approximate surface area is 92.8 Å². The fraction of sp³-hybridized carbons (Fsp3) is 0.917. The van der Waals surface area contributed by atoms with Gasteiger partial charge in [-0.3, -0.25) is 9.69 Å². The van der Waals surface area contributed by atoms with Gasteiger partial charge in [0.15, 0.2) is 0 Å². The van der Waals surface area contributed by atoms with Crippen LogP contribution in [0.3, 0.4) is 0 Å². The lowest BCUT2D eigenvalue weighted by atomic mass is 9.94. The molecule has 1 rings (SSSR count). The van der Waals surface area contributed by atoms with Crippen molar-refractivity contribution in [3.8, 4) is 0 Å². The second kappa shape index (κ2) is 6.83. The quantitative estimate of drug-likeness (QED) is 0.656. The summed E-state index contributed by atoms with van der Waals surface area (Å²) in [6, 6.07) is 0.609. The molecule has 0 N–H and O–H groups in total. The maximum atomic E-state index is 11.3. The minimum absolute atomic E-state index is 0.103. The van der Waals surface area contributed by atoms with E-state index in [1.54, 1.807) is 0 Å². The van der Waals surface area contributed by atoms with Gasteiger partial charge in [-0.2, -0.15) is 0 Å². The SMILES string of the molecule is CCCN(CC(=O)OC)C1CCCCC1. The molecule has 0 aromatic heterocycles. The zero-order chi connectivity index (χ0) is 11.1. The third-order valence-corrected chi connectivity index (χ3v) is 3.16. The molecule has 1 aliphatic rings. The summed E-state index contributed by atoms with van der Waals surface area (Å²) < 4.78 is 4.74. The summed E-state index contributed by atoms with van der Waals surface area (Å²) in [5.41, 5.74) is 0. The molecule has 88 valence electrons. The van der Waals surface area contributed by atoms with Crippen molar-refractivity contribution < 1.29 is 9.53 Å². The molecule has 0 saturated heterocycles. The average Bonchev–Trinajstić information content (AvgIpc) is 2.29. The molecule has 0 bridgehead atoms. The van der Waals surface area contributed by atoms with Crippen LogP contribution in [0.2, 0.25) is 0 Å². The van der Waals surface area contributed by atoms with E-state index < -0.39 is 0 Å². The van der Waals surface area contributed by atoms with E-state index >= 15 is 0 Å². The van der Waals surface area contributed by atoms with Crippen molar-refractivity contribution in [2.75, 3.05) is 20.2 Å². The van der Waals surface area contributed by atoms with E-state index in [1.165, 1.54) is 39.2 Å². The Morgan fingerprint density at radius 3 is 2.53 bits per heavy atom. The van der Waals surface area contributed by atoms with E-state index in [4.69, 9.17) is 4.74 Å². The van der Waals surface area contributed by atoms with Gasteiger partial charge in [0.05, 0.1) is 13.7 Å². The third-order valence-electron chi connectivity index (χ3n) is 3.16. The fourth-order valence-corrected chi connectivity index (χ4v) is 2.35. The van der Waals surface area contributed by atoms with Crippen LogP contribution in [0.15, 0.2) is 0 Å². The van der Waals surface area contributed by atoms with Crippen LogP contribution in [0, 0.1) is 0 Å². The number of hydrogen-bond acceptors (Lipinski definition) is 3. The molecule has 0 unspecified atom stereocenters. The highest BCUT2D eigenvalue weighted by Gasteiger charge is 2.22. The summed E-state index contributed by atoms with van der Waals surface area (Å²) >= 11 is 0. The molecule has 0 aliphatic heterocycles. The Balaban J connectivity index is 2.43. The molecule has 0 aromatic carbocycles. The van der Waals surface area contributed by atoms with Gasteiger partial charge in [0.2, 0.25) is 0 Å². The summed E-state index contributed by atoms with van der Waals surface area (Å²) in [6.07, 6.45) is 7.58. The van der Waals surface area contributed by atoms with Crippen LogP contribution in [0.25, 0.3) is 0 Å². The molecule has 1 aliphatic carbocycles. The lowest BCUT2D eigenvalue weighted by molar-refractivity contribution is -0.142. The highest BCUT2D eigenvalue weighted by molar-refractivity contribution is 5.71. The standard InChI is InChI=1S/C12H23NO2/c1-3-9-13(10-12(14)15-2)11-7-5-4-6-8-11/h11H,3-10H2,1-2H3.